The molecule has 1 aliphatic rings. The Morgan fingerprint density at radius 3 is 2.63 bits per heavy atom. The molecule has 1 atom stereocenters. The van der Waals surface area contributed by atoms with Gasteiger partial charge in [0.25, 0.3) is 5.56 Å². The van der Waals surface area contributed by atoms with Crippen molar-refractivity contribution in [2.45, 2.75) is 25.7 Å². The third-order valence-corrected chi connectivity index (χ3v) is 4.08. The fraction of sp³-hybridized carbons (Fsp3) is 0.333. The average Bonchev–Trinajstić information content (AvgIpc) is 2.62. The molecule has 3 rings (SSSR count). The number of nitrogens with one attached hydrogen (secondary N) is 1. The molecule has 0 saturated heterocycles. The van der Waals surface area contributed by atoms with E-state index in [1.54, 1.807) is 25.1 Å². The monoisotopic (exact) mass is 382 g/mol. The van der Waals surface area contributed by atoms with Crippen molar-refractivity contribution in [2.24, 2.45) is 0 Å². The van der Waals surface area contributed by atoms with E-state index in [9.17, 15) is 22.8 Å². The van der Waals surface area contributed by atoms with E-state index in [1.165, 1.54) is 0 Å². The van der Waals surface area contributed by atoms with Gasteiger partial charge in [-0.15, -0.1) is 0 Å². The third-order valence-electron chi connectivity index (χ3n) is 4.08. The summed E-state index contributed by atoms with van der Waals surface area (Å²) in [7, 11) is 0. The Kier molecular flexibility index (Phi) is 5.11. The summed E-state index contributed by atoms with van der Waals surface area (Å²) in [6.07, 6.45) is -3.62. The molecule has 1 N–H and O–H groups in total. The molecule has 9 heteroatoms. The summed E-state index contributed by atoms with van der Waals surface area (Å²) >= 11 is 0. The summed E-state index contributed by atoms with van der Waals surface area (Å²) in [5, 5.41) is 2.66. The van der Waals surface area contributed by atoms with Crippen LogP contribution in [0, 0.1) is 0 Å². The SMILES string of the molecule is C[C@H](NC(=O)Cn1cccc(C(F)(F)F)c1=O)c1ccc2c(c1)OCCO2. The number of ether oxygens (including phenoxy) is 2. The Bertz CT molecular complexity index is 908. The number of hydrogen-bond acceptors (Lipinski definition) is 4. The summed E-state index contributed by atoms with van der Waals surface area (Å²) < 4.78 is 50.0. The fourth-order valence-electron chi connectivity index (χ4n) is 2.73. The highest BCUT2D eigenvalue weighted by atomic mass is 19.4. The van der Waals surface area contributed by atoms with Gasteiger partial charge in [-0.3, -0.25) is 9.59 Å². The number of aromatic nitrogens is 1. The average molecular weight is 382 g/mol. The number of hydrogen-bond donors (Lipinski definition) is 1. The maximum Gasteiger partial charge on any atom is 0.421 e. The molecule has 2 heterocycles. The van der Waals surface area contributed by atoms with Crippen LogP contribution in [0.4, 0.5) is 13.2 Å². The summed E-state index contributed by atoms with van der Waals surface area (Å²) in [4.78, 5) is 24.1. The van der Waals surface area contributed by atoms with Gasteiger partial charge in [0, 0.05) is 6.20 Å². The first-order valence-electron chi connectivity index (χ1n) is 8.21. The number of halogens is 3. The summed E-state index contributed by atoms with van der Waals surface area (Å²) in [6.45, 7) is 2.09. The summed E-state index contributed by atoms with van der Waals surface area (Å²) in [6, 6.07) is 6.56. The maximum absolute atomic E-state index is 12.8. The zero-order chi connectivity index (χ0) is 19.6. The number of rotatable bonds is 4. The van der Waals surface area contributed by atoms with Gasteiger partial charge >= 0.3 is 6.18 Å². The van der Waals surface area contributed by atoms with E-state index in [-0.39, 0.29) is 0 Å². The Balaban J connectivity index is 1.70. The van der Waals surface area contributed by atoms with Crippen molar-refractivity contribution in [3.05, 3.63) is 58.0 Å². The molecule has 2 aromatic rings. The molecule has 0 bridgehead atoms. The largest absolute Gasteiger partial charge is 0.486 e. The van der Waals surface area contributed by atoms with Crippen LogP contribution in [0.3, 0.4) is 0 Å². The Morgan fingerprint density at radius 2 is 1.93 bits per heavy atom. The molecule has 0 fully saturated rings. The predicted molar refractivity (Wildman–Crippen MR) is 89.7 cm³/mol. The predicted octanol–water partition coefficient (Wildman–Crippen LogP) is 2.52. The molecule has 1 amide bonds. The summed E-state index contributed by atoms with van der Waals surface area (Å²) in [5.74, 6) is 0.590. The van der Waals surface area contributed by atoms with Gasteiger partial charge in [0.2, 0.25) is 5.91 Å². The van der Waals surface area contributed by atoms with Crippen LogP contribution < -0.4 is 20.3 Å². The molecule has 1 aliphatic heterocycles. The minimum atomic E-state index is -4.77. The van der Waals surface area contributed by atoms with Gasteiger partial charge in [-0.2, -0.15) is 13.2 Å². The van der Waals surface area contributed by atoms with Crippen LogP contribution in [-0.4, -0.2) is 23.7 Å². The smallest absolute Gasteiger partial charge is 0.421 e. The lowest BCUT2D eigenvalue weighted by Gasteiger charge is -2.21. The van der Waals surface area contributed by atoms with E-state index in [2.05, 4.69) is 5.32 Å². The lowest BCUT2D eigenvalue weighted by atomic mass is 10.1. The summed E-state index contributed by atoms with van der Waals surface area (Å²) in [5.41, 5.74) is -1.83. The Labute approximate surface area is 152 Å². The van der Waals surface area contributed by atoms with E-state index < -0.39 is 35.8 Å². The number of carbonyl (C=O) groups excluding carboxylic acids is 1. The van der Waals surface area contributed by atoms with Crippen LogP contribution >= 0.6 is 0 Å². The Hall–Kier alpha value is -2.97. The quantitative estimate of drug-likeness (QED) is 0.882. The minimum absolute atomic E-state index is 0.426. The van der Waals surface area contributed by atoms with Crippen LogP contribution in [0.25, 0.3) is 0 Å². The number of pyridine rings is 1. The molecule has 1 aromatic carbocycles. The second-order valence-corrected chi connectivity index (χ2v) is 6.04. The topological polar surface area (TPSA) is 69.6 Å². The van der Waals surface area contributed by atoms with Crippen LogP contribution in [0.2, 0.25) is 0 Å². The van der Waals surface area contributed by atoms with Gasteiger partial charge in [0.15, 0.2) is 11.5 Å². The normalized spacial score (nSPS) is 14.5. The van der Waals surface area contributed by atoms with Gasteiger partial charge in [-0.05, 0) is 36.8 Å². The molecule has 1 aromatic heterocycles. The number of nitrogens with zero attached hydrogens (tertiary/aromatic N) is 1. The lowest BCUT2D eigenvalue weighted by Crippen LogP contribution is -2.35. The molecule has 0 aliphatic carbocycles. The maximum atomic E-state index is 12.8. The van der Waals surface area contributed by atoms with E-state index >= 15 is 0 Å². The van der Waals surface area contributed by atoms with Crippen LogP contribution in [0.5, 0.6) is 11.5 Å². The van der Waals surface area contributed by atoms with Crippen molar-refractivity contribution in [2.75, 3.05) is 13.2 Å². The highest BCUT2D eigenvalue weighted by molar-refractivity contribution is 5.76. The zero-order valence-corrected chi connectivity index (χ0v) is 14.4. The van der Waals surface area contributed by atoms with Crippen LogP contribution in [0.15, 0.2) is 41.3 Å². The third kappa shape index (κ3) is 4.24. The molecule has 144 valence electrons. The standard InChI is InChI=1S/C18H17F3N2O4/c1-11(12-4-5-14-15(9-12)27-8-7-26-14)22-16(24)10-23-6-2-3-13(17(23)25)18(19,20)21/h2-6,9,11H,7-8,10H2,1H3,(H,22,24)/t11-/m0/s1. The van der Waals surface area contributed by atoms with E-state index in [0.29, 0.717) is 30.8 Å². The number of benzene rings is 1. The molecule has 6 nitrogen and oxygen atoms in total. The number of carbonyl (C=O) groups is 1. The van der Waals surface area contributed by atoms with Crippen LogP contribution in [0.1, 0.15) is 24.1 Å². The highest BCUT2D eigenvalue weighted by Gasteiger charge is 2.34. The van der Waals surface area contributed by atoms with Gasteiger partial charge < -0.3 is 19.4 Å². The lowest BCUT2D eigenvalue weighted by molar-refractivity contribution is -0.139. The molecule has 0 unspecified atom stereocenters. The molecular formula is C18H17F3N2O4. The highest BCUT2D eigenvalue weighted by Crippen LogP contribution is 2.32. The number of amides is 1. The molecule has 0 radical (unpaired) electrons. The minimum Gasteiger partial charge on any atom is -0.486 e. The van der Waals surface area contributed by atoms with Crippen molar-refractivity contribution in [3.63, 3.8) is 0 Å². The van der Waals surface area contributed by atoms with Crippen molar-refractivity contribution in [3.8, 4) is 11.5 Å². The van der Waals surface area contributed by atoms with Gasteiger partial charge in [-0.25, -0.2) is 0 Å². The van der Waals surface area contributed by atoms with Gasteiger partial charge in [0.1, 0.15) is 25.3 Å². The number of fused-ring (bicyclic) bond motifs is 1. The first kappa shape index (κ1) is 18.8. The first-order valence-corrected chi connectivity index (χ1v) is 8.21. The Morgan fingerprint density at radius 1 is 1.22 bits per heavy atom. The van der Waals surface area contributed by atoms with Crippen molar-refractivity contribution >= 4 is 5.91 Å². The van der Waals surface area contributed by atoms with Gasteiger partial charge in [-0.1, -0.05) is 6.07 Å². The van der Waals surface area contributed by atoms with E-state index in [1.807, 2.05) is 0 Å². The van der Waals surface area contributed by atoms with Crippen LogP contribution in [-0.2, 0) is 17.5 Å². The first-order chi connectivity index (χ1) is 12.8. The molecule has 0 spiro atoms. The van der Waals surface area contributed by atoms with Crippen molar-refractivity contribution < 1.29 is 27.4 Å². The van der Waals surface area contributed by atoms with E-state index in [0.717, 1.165) is 22.4 Å². The van der Waals surface area contributed by atoms with Crippen molar-refractivity contribution in [1.29, 1.82) is 0 Å². The molecule has 27 heavy (non-hydrogen) atoms. The fourth-order valence-corrected chi connectivity index (χ4v) is 2.73. The van der Waals surface area contributed by atoms with Crippen molar-refractivity contribution in [1.82, 2.24) is 9.88 Å². The molecular weight excluding hydrogens is 365 g/mol. The van der Waals surface area contributed by atoms with E-state index in [4.69, 9.17) is 9.47 Å². The molecule has 0 saturated carbocycles. The second-order valence-electron chi connectivity index (χ2n) is 6.04. The zero-order valence-electron chi connectivity index (χ0n) is 14.4. The van der Waals surface area contributed by atoms with Gasteiger partial charge in [0.05, 0.1) is 6.04 Å². The number of alkyl halides is 3. The second kappa shape index (κ2) is 7.34.